The van der Waals surface area contributed by atoms with Crippen molar-refractivity contribution in [2.24, 2.45) is 11.3 Å². The third kappa shape index (κ3) is 5.12. The van der Waals surface area contributed by atoms with Crippen molar-refractivity contribution >= 4 is 61.3 Å². The first-order valence-corrected chi connectivity index (χ1v) is 15.5. The van der Waals surface area contributed by atoms with Crippen molar-refractivity contribution in [3.05, 3.63) is 56.3 Å². The molecule has 0 saturated heterocycles. The van der Waals surface area contributed by atoms with Gasteiger partial charge in [0.15, 0.2) is 0 Å². The van der Waals surface area contributed by atoms with E-state index in [-0.39, 0.29) is 27.4 Å². The number of rotatable bonds is 5. The second kappa shape index (κ2) is 11.0. The average molecular weight is 602 g/mol. The monoisotopic (exact) mass is 601 g/mol. The van der Waals surface area contributed by atoms with E-state index in [4.69, 9.17) is 16.2 Å². The molecule has 0 saturated carbocycles. The summed E-state index contributed by atoms with van der Waals surface area (Å²) in [6, 6.07) is 10.1. The number of methoxy groups -OCH3 is 1. The molecule has 8 nitrogen and oxygen atoms in total. The minimum Gasteiger partial charge on any atom is -0.465 e. The first-order chi connectivity index (χ1) is 19.8. The molecule has 218 valence electrons. The molecule has 0 radical (unpaired) electrons. The number of anilines is 3. The van der Waals surface area contributed by atoms with Gasteiger partial charge in [0.1, 0.15) is 32.2 Å². The van der Waals surface area contributed by atoms with E-state index in [1.54, 1.807) is 0 Å². The molecule has 10 heteroatoms. The number of carbonyl (C=O) groups is 2. The van der Waals surface area contributed by atoms with Gasteiger partial charge in [0.25, 0.3) is 5.91 Å². The van der Waals surface area contributed by atoms with E-state index in [0.717, 1.165) is 52.2 Å². The Balaban J connectivity index is 1.58. The minimum atomic E-state index is -0.471. The number of amides is 1. The van der Waals surface area contributed by atoms with Crippen LogP contribution in [0.2, 0.25) is 0 Å². The van der Waals surface area contributed by atoms with Crippen molar-refractivity contribution in [1.29, 1.82) is 5.26 Å². The van der Waals surface area contributed by atoms with Crippen LogP contribution in [0, 0.1) is 22.7 Å². The largest absolute Gasteiger partial charge is 0.465 e. The number of hydrogen-bond donors (Lipinski definition) is 3. The lowest BCUT2D eigenvalue weighted by Crippen LogP contribution is -2.26. The number of pyridine rings is 1. The van der Waals surface area contributed by atoms with Gasteiger partial charge >= 0.3 is 5.97 Å². The molecule has 1 atom stereocenters. The summed E-state index contributed by atoms with van der Waals surface area (Å²) in [5.41, 5.74) is 17.3. The topological polar surface area (TPSA) is 144 Å². The Kier molecular flexibility index (Phi) is 7.77. The van der Waals surface area contributed by atoms with Crippen molar-refractivity contribution in [3.8, 4) is 17.2 Å². The molecule has 1 aromatic carbocycles. The lowest BCUT2D eigenvalue weighted by Gasteiger charge is -2.33. The van der Waals surface area contributed by atoms with Gasteiger partial charge in [0, 0.05) is 15.8 Å². The molecule has 5 rings (SSSR count). The number of nitriles is 1. The second-order valence-corrected chi connectivity index (χ2v) is 14.2. The lowest BCUT2D eigenvalue weighted by atomic mass is 9.72. The Hall–Kier alpha value is -3.94. The summed E-state index contributed by atoms with van der Waals surface area (Å²) in [5.74, 6) is -0.0367. The first-order valence-electron chi connectivity index (χ1n) is 13.9. The van der Waals surface area contributed by atoms with Gasteiger partial charge in [-0.1, -0.05) is 58.9 Å². The van der Waals surface area contributed by atoms with Crippen LogP contribution in [0.5, 0.6) is 0 Å². The van der Waals surface area contributed by atoms with Crippen LogP contribution < -0.4 is 16.8 Å². The number of ether oxygens (including phenoxy) is 1. The number of aromatic nitrogens is 1. The number of esters is 1. The predicted octanol–water partition coefficient (Wildman–Crippen LogP) is 7.37. The molecule has 42 heavy (non-hydrogen) atoms. The highest BCUT2D eigenvalue weighted by molar-refractivity contribution is 7.21. The highest BCUT2D eigenvalue weighted by Crippen LogP contribution is 2.46. The van der Waals surface area contributed by atoms with Crippen molar-refractivity contribution in [1.82, 2.24) is 4.98 Å². The van der Waals surface area contributed by atoms with Crippen LogP contribution in [0.4, 0.5) is 16.5 Å². The summed E-state index contributed by atoms with van der Waals surface area (Å²) in [6.07, 6.45) is 2.55. The fraction of sp³-hybridized carbons (Fsp3) is 0.375. The number of hydrogen-bond acceptors (Lipinski definition) is 9. The van der Waals surface area contributed by atoms with Crippen LogP contribution in [0.1, 0.15) is 88.6 Å². The number of carbonyl (C=O) groups excluding carboxylic acids is 2. The van der Waals surface area contributed by atoms with Gasteiger partial charge in [0.2, 0.25) is 0 Å². The van der Waals surface area contributed by atoms with Crippen LogP contribution in [-0.4, -0.2) is 24.0 Å². The van der Waals surface area contributed by atoms with E-state index >= 15 is 0 Å². The van der Waals surface area contributed by atoms with Gasteiger partial charge in [0.05, 0.1) is 18.4 Å². The van der Waals surface area contributed by atoms with Crippen LogP contribution in [0.3, 0.4) is 0 Å². The maximum absolute atomic E-state index is 13.8. The Labute approximate surface area is 253 Å². The fourth-order valence-electron chi connectivity index (χ4n) is 5.67. The van der Waals surface area contributed by atoms with E-state index in [1.807, 2.05) is 24.3 Å². The highest BCUT2D eigenvalue weighted by atomic mass is 32.1. The summed E-state index contributed by atoms with van der Waals surface area (Å²) in [7, 11) is 1.35. The summed E-state index contributed by atoms with van der Waals surface area (Å²) in [4.78, 5) is 32.9. The van der Waals surface area contributed by atoms with E-state index in [2.05, 4.69) is 51.0 Å². The molecule has 0 aliphatic heterocycles. The number of nitrogens with zero attached hydrogens (tertiary/aromatic N) is 2. The van der Waals surface area contributed by atoms with Crippen LogP contribution in [0.25, 0.3) is 21.3 Å². The standard InChI is InChI=1S/C32H35N5O3S2/c1-15(2)16-7-9-17(10-8-16)22-20(14-33)27(35)36-30-24(22)25(34)26(42-30)28(38)37-29-23(31(39)40-6)19-12-11-18(32(3,4)5)13-21(19)41-29/h7-10,15,18H,11-13,34H2,1-6H3,(H2,35,36)(H,37,38). The third-order valence-corrected chi connectivity index (χ3v) is 10.5. The average Bonchev–Trinajstić information content (AvgIpc) is 3.47. The van der Waals surface area contributed by atoms with Gasteiger partial charge in [-0.25, -0.2) is 9.78 Å². The molecule has 0 spiro atoms. The number of fused-ring (bicyclic) bond motifs is 2. The molecule has 0 fully saturated rings. The van der Waals surface area contributed by atoms with Crippen LogP contribution in [-0.2, 0) is 17.6 Å². The fourth-order valence-corrected chi connectivity index (χ4v) is 7.98. The van der Waals surface area contributed by atoms with Gasteiger partial charge in [-0.15, -0.1) is 22.7 Å². The Bertz CT molecular complexity index is 1750. The Morgan fingerprint density at radius 2 is 1.86 bits per heavy atom. The summed E-state index contributed by atoms with van der Waals surface area (Å²) in [6.45, 7) is 10.9. The van der Waals surface area contributed by atoms with Gasteiger partial charge < -0.3 is 21.5 Å². The molecular weight excluding hydrogens is 567 g/mol. The maximum atomic E-state index is 13.8. The maximum Gasteiger partial charge on any atom is 0.341 e. The molecular formula is C32H35N5O3S2. The van der Waals surface area contributed by atoms with E-state index < -0.39 is 11.9 Å². The smallest absolute Gasteiger partial charge is 0.341 e. The number of nitrogen functional groups attached to an aromatic ring is 2. The van der Waals surface area contributed by atoms with Crippen molar-refractivity contribution < 1.29 is 14.3 Å². The molecule has 1 aliphatic rings. The number of nitrogens with one attached hydrogen (secondary N) is 1. The van der Waals surface area contributed by atoms with E-state index in [9.17, 15) is 14.9 Å². The zero-order valence-corrected chi connectivity index (χ0v) is 26.3. The molecule has 5 N–H and O–H groups in total. The quantitative estimate of drug-likeness (QED) is 0.203. The molecule has 1 unspecified atom stereocenters. The second-order valence-electron chi connectivity index (χ2n) is 12.1. The Morgan fingerprint density at radius 3 is 2.45 bits per heavy atom. The summed E-state index contributed by atoms with van der Waals surface area (Å²) in [5, 5.41) is 13.9. The first kappa shape index (κ1) is 29.5. The minimum absolute atomic E-state index is 0.0773. The zero-order chi connectivity index (χ0) is 30.5. The number of benzene rings is 1. The molecule has 4 aromatic rings. The Morgan fingerprint density at radius 1 is 1.17 bits per heavy atom. The molecule has 3 heterocycles. The number of nitrogens with two attached hydrogens (primary N) is 2. The summed E-state index contributed by atoms with van der Waals surface area (Å²) >= 11 is 2.54. The van der Waals surface area contributed by atoms with Crippen molar-refractivity contribution in [2.75, 3.05) is 23.9 Å². The third-order valence-electron chi connectivity index (χ3n) is 8.20. The van der Waals surface area contributed by atoms with E-state index in [1.165, 1.54) is 18.4 Å². The molecule has 1 aliphatic carbocycles. The van der Waals surface area contributed by atoms with Crippen LogP contribution in [0.15, 0.2) is 24.3 Å². The van der Waals surface area contributed by atoms with Crippen LogP contribution >= 0.6 is 22.7 Å². The summed E-state index contributed by atoms with van der Waals surface area (Å²) < 4.78 is 5.12. The number of thiophene rings is 2. The zero-order valence-electron chi connectivity index (χ0n) is 24.7. The van der Waals surface area contributed by atoms with Crippen molar-refractivity contribution in [2.45, 2.75) is 59.8 Å². The highest BCUT2D eigenvalue weighted by Gasteiger charge is 2.35. The molecule has 0 bridgehead atoms. The SMILES string of the molecule is COC(=O)c1c(NC(=O)c2sc3nc(N)c(C#N)c(-c4ccc(C(C)C)cc4)c3c2N)sc2c1CCC(C(C)(C)C)C2. The van der Waals surface area contributed by atoms with Gasteiger partial charge in [-0.05, 0) is 53.2 Å². The van der Waals surface area contributed by atoms with Gasteiger partial charge in [-0.2, -0.15) is 5.26 Å². The molecule has 1 amide bonds. The normalized spacial score (nSPS) is 15.0. The van der Waals surface area contributed by atoms with Gasteiger partial charge in [-0.3, -0.25) is 4.79 Å². The molecule has 3 aromatic heterocycles. The lowest BCUT2D eigenvalue weighted by molar-refractivity contribution is 0.0600. The van der Waals surface area contributed by atoms with Crippen molar-refractivity contribution in [3.63, 3.8) is 0 Å². The predicted molar refractivity (Wildman–Crippen MR) is 171 cm³/mol. The van der Waals surface area contributed by atoms with E-state index in [0.29, 0.717) is 38.2 Å².